The number of carbonyl (C=O) groups is 3. The number of nitrogens with one attached hydrogen (secondary N) is 1. The third kappa shape index (κ3) is 7.58. The molecule has 1 aromatic heterocycles. The molecule has 5 atom stereocenters. The van der Waals surface area contributed by atoms with Crippen LogP contribution in [0.1, 0.15) is 95.7 Å². The van der Waals surface area contributed by atoms with Crippen LogP contribution in [0.3, 0.4) is 0 Å². The van der Waals surface area contributed by atoms with Crippen molar-refractivity contribution in [1.82, 2.24) is 19.5 Å². The number of amides is 2. The van der Waals surface area contributed by atoms with Crippen molar-refractivity contribution in [3.63, 3.8) is 0 Å². The van der Waals surface area contributed by atoms with Gasteiger partial charge < -0.3 is 24.8 Å². The normalized spacial score (nSPS) is 31.3. The highest BCUT2D eigenvalue weighted by atomic mass is 32.2. The second-order valence-corrected chi connectivity index (χ2v) is 19.5. The molecule has 6 aliphatic rings. The van der Waals surface area contributed by atoms with Crippen LogP contribution in [0.4, 0.5) is 0 Å². The summed E-state index contributed by atoms with van der Waals surface area (Å²) in [6, 6.07) is 4.37. The van der Waals surface area contributed by atoms with Gasteiger partial charge in [0.15, 0.2) is 5.78 Å². The fourth-order valence-corrected chi connectivity index (χ4v) is 10.6. The van der Waals surface area contributed by atoms with Crippen molar-refractivity contribution in [2.24, 2.45) is 17.1 Å². The first-order valence-electron chi connectivity index (χ1n) is 20.8. The lowest BCUT2D eigenvalue weighted by Crippen LogP contribution is -2.50. The molecule has 0 bridgehead atoms. The minimum atomic E-state index is -3.90. The second kappa shape index (κ2) is 15.3. The molecular formula is C42H57N5O8S. The molecule has 8 rings (SSSR count). The predicted octanol–water partition coefficient (Wildman–Crippen LogP) is 3.98. The molecule has 0 unspecified atom stereocenters. The number of ether oxygens (including phenoxy) is 3. The highest BCUT2D eigenvalue weighted by molar-refractivity contribution is 7.91. The smallest absolute Gasteiger partial charge is 0.240 e. The lowest BCUT2D eigenvalue weighted by Gasteiger charge is -2.37. The van der Waals surface area contributed by atoms with Crippen LogP contribution in [0.25, 0.3) is 10.9 Å². The number of nitrogens with two attached hydrogens (primary N) is 1. The van der Waals surface area contributed by atoms with Crippen molar-refractivity contribution in [1.29, 1.82) is 0 Å². The zero-order valence-electron chi connectivity index (χ0n) is 32.9. The monoisotopic (exact) mass is 791 g/mol. The van der Waals surface area contributed by atoms with Gasteiger partial charge in [-0.25, -0.2) is 13.4 Å². The topological polar surface area (TPSA) is 170 Å². The number of benzene rings is 1. The molecule has 1 spiro atoms. The van der Waals surface area contributed by atoms with Crippen molar-refractivity contribution < 1.29 is 37.0 Å². The summed E-state index contributed by atoms with van der Waals surface area (Å²) >= 11 is 0. The van der Waals surface area contributed by atoms with Crippen molar-refractivity contribution >= 4 is 38.5 Å². The van der Waals surface area contributed by atoms with Crippen LogP contribution in [0, 0.1) is 11.3 Å². The molecule has 0 radical (unpaired) electrons. The maximum absolute atomic E-state index is 14.6. The van der Waals surface area contributed by atoms with Crippen LogP contribution < -0.4 is 19.9 Å². The first-order valence-corrected chi connectivity index (χ1v) is 22.2. The molecule has 2 saturated heterocycles. The van der Waals surface area contributed by atoms with E-state index in [9.17, 15) is 22.8 Å². The Balaban J connectivity index is 1.06. The number of pyridine rings is 1. The van der Waals surface area contributed by atoms with Crippen LogP contribution in [-0.2, 0) is 42.0 Å². The number of Topliss-reactive ketones (excluding diaryl/α,β-unsaturated/α-hetero) is 1. The van der Waals surface area contributed by atoms with E-state index in [0.29, 0.717) is 57.3 Å². The number of nitrogens with zero attached hydrogens (tertiary/aromatic N) is 3. The predicted molar refractivity (Wildman–Crippen MR) is 211 cm³/mol. The highest BCUT2D eigenvalue weighted by Gasteiger charge is 2.63. The lowest BCUT2D eigenvalue weighted by atomic mass is 9.85. The highest BCUT2D eigenvalue weighted by Crippen LogP contribution is 2.58. The molecule has 4 fully saturated rings. The second-order valence-electron chi connectivity index (χ2n) is 17.3. The summed E-state index contributed by atoms with van der Waals surface area (Å²) in [7, 11) is -3.90. The van der Waals surface area contributed by atoms with Crippen LogP contribution in [0.2, 0.25) is 0 Å². The molecule has 13 nitrogen and oxygen atoms in total. The molecule has 2 aromatic rings. The van der Waals surface area contributed by atoms with Gasteiger partial charge in [-0.05, 0) is 88.8 Å². The Morgan fingerprint density at radius 2 is 1.91 bits per heavy atom. The Hall–Kier alpha value is -3.59. The number of allylic oxidation sites excluding steroid dienone is 2. The van der Waals surface area contributed by atoms with Crippen molar-refractivity contribution in [3.8, 4) is 11.5 Å². The van der Waals surface area contributed by atoms with E-state index in [1.807, 2.05) is 37.3 Å². The Bertz CT molecular complexity index is 2010. The average Bonchev–Trinajstić information content (AvgIpc) is 4.08. The third-order valence-corrected chi connectivity index (χ3v) is 15.5. The molecule has 14 heteroatoms. The molecule has 2 amide bonds. The zero-order chi connectivity index (χ0) is 39.3. The van der Waals surface area contributed by atoms with Crippen molar-refractivity contribution in [2.75, 3.05) is 46.0 Å². The molecular weight excluding hydrogens is 735 g/mol. The number of aryl methyl sites for hydroxylation is 2. The maximum atomic E-state index is 14.6. The molecule has 56 heavy (non-hydrogen) atoms. The molecule has 4 aliphatic heterocycles. The minimum Gasteiger partial charge on any atom is -0.492 e. The van der Waals surface area contributed by atoms with Gasteiger partial charge in [0.05, 0.1) is 53.2 Å². The van der Waals surface area contributed by atoms with Gasteiger partial charge in [-0.2, -0.15) is 0 Å². The van der Waals surface area contributed by atoms with Gasteiger partial charge in [0, 0.05) is 43.4 Å². The van der Waals surface area contributed by atoms with Gasteiger partial charge in [0.25, 0.3) is 0 Å². The van der Waals surface area contributed by atoms with Gasteiger partial charge in [-0.1, -0.05) is 31.9 Å². The van der Waals surface area contributed by atoms with Crippen LogP contribution in [-0.4, -0.2) is 109 Å². The van der Waals surface area contributed by atoms with E-state index < -0.39 is 43.8 Å². The summed E-state index contributed by atoms with van der Waals surface area (Å²) in [5.41, 5.74) is 7.24. The molecule has 1 aromatic carbocycles. The molecule has 2 aliphatic carbocycles. The standard InChI is InChI=1S/C42H57N5O8S/c1-3-33-37-30(31-23-29(11-12-34(31)44-33)54-22-19-46-17-20-53-21-18-46)13-14-41(55-37)25-35-36(48)26-42(39(50)45-56(51,52)40(2)15-16-40)24-28(42)9-7-5-4-6-8-10-32(43)38(49)47(35)27-41/h7,9,11-12,23,28,32,35H,3-6,8,10,13-22,24-27,43H2,1-2H3,(H,45,50)/b9-7-/t28-,32+,35+,41-,42-/m1/s1. The number of aromatic nitrogens is 1. The van der Waals surface area contributed by atoms with Gasteiger partial charge >= 0.3 is 0 Å². The average molecular weight is 792 g/mol. The SMILES string of the molecule is CCc1nc2ccc(OCCN3CCOCC3)cc2c2c1O[C@]1(CC2)C[C@H]2C(=O)C[C@]3(C(=O)NS(=O)(=O)C4(C)CC4)C[C@H]3/C=C\CCCCC[C@H](N)C(=O)N2C1. The van der Waals surface area contributed by atoms with Crippen molar-refractivity contribution in [3.05, 3.63) is 41.6 Å². The van der Waals surface area contributed by atoms with Crippen LogP contribution in [0.15, 0.2) is 30.4 Å². The van der Waals surface area contributed by atoms with Gasteiger partial charge in [0.2, 0.25) is 21.8 Å². The molecule has 3 N–H and O–H groups in total. The van der Waals surface area contributed by atoms with E-state index in [2.05, 4.69) is 9.62 Å². The molecule has 5 heterocycles. The summed E-state index contributed by atoms with van der Waals surface area (Å²) in [4.78, 5) is 51.7. The van der Waals surface area contributed by atoms with Crippen LogP contribution in [0.5, 0.6) is 11.5 Å². The number of hydrogen-bond acceptors (Lipinski definition) is 11. The Morgan fingerprint density at radius 1 is 1.11 bits per heavy atom. The number of morpholine rings is 1. The van der Waals surface area contributed by atoms with E-state index in [1.54, 1.807) is 11.8 Å². The van der Waals surface area contributed by atoms with Crippen LogP contribution >= 0.6 is 0 Å². The van der Waals surface area contributed by atoms with Gasteiger partial charge in [-0.3, -0.25) is 24.0 Å². The number of fused-ring (bicyclic) bond motifs is 5. The number of hydrogen-bond donors (Lipinski definition) is 2. The van der Waals surface area contributed by atoms with E-state index in [-0.39, 0.29) is 37.0 Å². The quantitative estimate of drug-likeness (QED) is 0.371. The number of ketones is 1. The first-order chi connectivity index (χ1) is 26.9. The summed E-state index contributed by atoms with van der Waals surface area (Å²) in [6.45, 7) is 8.53. The van der Waals surface area contributed by atoms with E-state index >= 15 is 0 Å². The number of sulfonamides is 1. The van der Waals surface area contributed by atoms with E-state index in [1.165, 1.54) is 0 Å². The number of carbonyl (C=O) groups excluding carboxylic acids is 3. The Kier molecular flexibility index (Phi) is 10.7. The largest absolute Gasteiger partial charge is 0.492 e. The fraction of sp³-hybridized carbons (Fsp3) is 0.667. The number of rotatable bonds is 8. The molecule has 2 saturated carbocycles. The first kappa shape index (κ1) is 39.2. The van der Waals surface area contributed by atoms with E-state index in [0.717, 1.165) is 86.4 Å². The van der Waals surface area contributed by atoms with Crippen molar-refractivity contribution in [2.45, 2.75) is 120 Å². The molecule has 304 valence electrons. The summed E-state index contributed by atoms with van der Waals surface area (Å²) in [5.74, 6) is 0.0196. The third-order valence-electron chi connectivity index (χ3n) is 13.4. The zero-order valence-corrected chi connectivity index (χ0v) is 33.7. The van der Waals surface area contributed by atoms with Gasteiger partial charge in [0.1, 0.15) is 23.7 Å². The lowest BCUT2D eigenvalue weighted by molar-refractivity contribution is -0.140. The van der Waals surface area contributed by atoms with Gasteiger partial charge in [-0.15, -0.1) is 0 Å². The summed E-state index contributed by atoms with van der Waals surface area (Å²) in [6.07, 6.45) is 11.2. The Morgan fingerprint density at radius 3 is 2.68 bits per heavy atom. The minimum absolute atomic E-state index is 0.170. The Labute approximate surface area is 330 Å². The van der Waals surface area contributed by atoms with E-state index in [4.69, 9.17) is 24.9 Å². The summed E-state index contributed by atoms with van der Waals surface area (Å²) < 4.78 is 46.5. The maximum Gasteiger partial charge on any atom is 0.240 e. The fourth-order valence-electron chi connectivity index (χ4n) is 9.26. The summed E-state index contributed by atoms with van der Waals surface area (Å²) in [5, 5.41) is 0.966.